The van der Waals surface area contributed by atoms with Crippen LogP contribution in [0.25, 0.3) is 10.8 Å². The molecule has 21 heavy (non-hydrogen) atoms. The zero-order valence-electron chi connectivity index (χ0n) is 12.5. The van der Waals surface area contributed by atoms with Crippen LogP contribution < -0.4 is 0 Å². The lowest BCUT2D eigenvalue weighted by Crippen LogP contribution is -2.29. The Hall–Kier alpha value is -1.35. The van der Waals surface area contributed by atoms with Gasteiger partial charge in [-0.1, -0.05) is 64.8 Å². The van der Waals surface area contributed by atoms with Crippen LogP contribution in [0.1, 0.15) is 24.8 Å². The molecule has 0 aliphatic rings. The first kappa shape index (κ1) is 16.0. The van der Waals surface area contributed by atoms with Gasteiger partial charge in [0.15, 0.2) is 0 Å². The van der Waals surface area contributed by atoms with Gasteiger partial charge in [-0.3, -0.25) is 4.79 Å². The van der Waals surface area contributed by atoms with E-state index in [0.29, 0.717) is 6.42 Å². The fourth-order valence-electron chi connectivity index (χ4n) is 2.40. The molecule has 0 radical (unpaired) electrons. The summed E-state index contributed by atoms with van der Waals surface area (Å²) in [6.07, 6.45) is 3.90. The largest absolute Gasteiger partial charge is 0.345 e. The van der Waals surface area contributed by atoms with E-state index in [2.05, 4.69) is 46.3 Å². The van der Waals surface area contributed by atoms with Crippen LogP contribution in [0.2, 0.25) is 0 Å². The number of hydrogen-bond donors (Lipinski definition) is 0. The summed E-state index contributed by atoms with van der Waals surface area (Å²) in [5.74, 6) is 0.198. The Balaban J connectivity index is 1.91. The summed E-state index contributed by atoms with van der Waals surface area (Å²) in [6.45, 7) is 0.847. The van der Waals surface area contributed by atoms with Crippen LogP contribution in [0, 0.1) is 0 Å². The van der Waals surface area contributed by atoms with E-state index < -0.39 is 0 Å². The topological polar surface area (TPSA) is 20.3 Å². The smallest absolute Gasteiger partial charge is 0.226 e. The molecule has 0 atom stereocenters. The van der Waals surface area contributed by atoms with Crippen molar-refractivity contribution >= 4 is 32.6 Å². The van der Waals surface area contributed by atoms with Crippen molar-refractivity contribution in [2.75, 3.05) is 18.9 Å². The molecule has 0 aliphatic carbocycles. The lowest BCUT2D eigenvalue weighted by molar-refractivity contribution is -0.129. The molecule has 1 amide bonds. The third-order valence-electron chi connectivity index (χ3n) is 3.72. The Morgan fingerprint density at radius 3 is 2.57 bits per heavy atom. The second kappa shape index (κ2) is 8.18. The number of halogens is 1. The van der Waals surface area contributed by atoms with Crippen LogP contribution in [-0.2, 0) is 11.2 Å². The number of benzene rings is 2. The van der Waals surface area contributed by atoms with Gasteiger partial charge >= 0.3 is 0 Å². The number of hydrogen-bond acceptors (Lipinski definition) is 1. The molecular formula is C18H22BrNO. The molecule has 2 rings (SSSR count). The van der Waals surface area contributed by atoms with Gasteiger partial charge in [-0.15, -0.1) is 0 Å². The molecule has 0 unspecified atom stereocenters. The van der Waals surface area contributed by atoms with Gasteiger partial charge in [-0.05, 0) is 29.2 Å². The summed E-state index contributed by atoms with van der Waals surface area (Å²) in [6, 6.07) is 14.5. The molecule has 2 aromatic carbocycles. The van der Waals surface area contributed by atoms with Gasteiger partial charge in [0.05, 0.1) is 6.42 Å². The zero-order chi connectivity index (χ0) is 15.1. The summed E-state index contributed by atoms with van der Waals surface area (Å²) in [7, 11) is 1.90. The number of rotatable bonds is 7. The maximum Gasteiger partial charge on any atom is 0.226 e. The van der Waals surface area contributed by atoms with E-state index in [0.717, 1.165) is 23.9 Å². The van der Waals surface area contributed by atoms with Gasteiger partial charge in [0, 0.05) is 18.9 Å². The number of unbranched alkanes of at least 4 members (excludes halogenated alkanes) is 2. The highest BCUT2D eigenvalue weighted by atomic mass is 79.9. The minimum Gasteiger partial charge on any atom is -0.345 e. The number of amides is 1. The molecule has 0 saturated heterocycles. The Labute approximate surface area is 135 Å². The number of carbonyl (C=O) groups is 1. The molecule has 3 heteroatoms. The van der Waals surface area contributed by atoms with Gasteiger partial charge in [-0.2, -0.15) is 0 Å². The molecule has 0 saturated carbocycles. The summed E-state index contributed by atoms with van der Waals surface area (Å²) >= 11 is 3.43. The van der Waals surface area contributed by atoms with Crippen molar-refractivity contribution < 1.29 is 4.79 Å². The quantitative estimate of drug-likeness (QED) is 0.536. The van der Waals surface area contributed by atoms with E-state index in [1.807, 2.05) is 24.1 Å². The molecule has 2 aromatic rings. The first-order valence-electron chi connectivity index (χ1n) is 7.48. The summed E-state index contributed by atoms with van der Waals surface area (Å²) in [5.41, 5.74) is 1.09. The molecule has 0 spiro atoms. The Morgan fingerprint density at radius 1 is 1.05 bits per heavy atom. The lowest BCUT2D eigenvalue weighted by atomic mass is 10.0. The monoisotopic (exact) mass is 347 g/mol. The molecule has 112 valence electrons. The third kappa shape index (κ3) is 4.85. The fourth-order valence-corrected chi connectivity index (χ4v) is 2.80. The molecule has 0 N–H and O–H groups in total. The maximum absolute atomic E-state index is 12.2. The predicted octanol–water partition coefficient (Wildman–Crippen LogP) is 4.41. The van der Waals surface area contributed by atoms with E-state index in [4.69, 9.17) is 0 Å². The molecule has 0 aliphatic heterocycles. The van der Waals surface area contributed by atoms with Crippen LogP contribution in [0.4, 0.5) is 0 Å². The van der Waals surface area contributed by atoms with E-state index in [1.165, 1.54) is 23.6 Å². The summed E-state index contributed by atoms with van der Waals surface area (Å²) in [5, 5.41) is 3.46. The number of nitrogens with zero attached hydrogens (tertiary/aromatic N) is 1. The first-order valence-corrected chi connectivity index (χ1v) is 8.60. The highest BCUT2D eigenvalue weighted by molar-refractivity contribution is 9.09. The van der Waals surface area contributed by atoms with Crippen molar-refractivity contribution in [3.63, 3.8) is 0 Å². The van der Waals surface area contributed by atoms with E-state index in [9.17, 15) is 4.79 Å². The molecular weight excluding hydrogens is 326 g/mol. The number of alkyl halides is 1. The van der Waals surface area contributed by atoms with Crippen molar-refractivity contribution in [2.24, 2.45) is 0 Å². The van der Waals surface area contributed by atoms with Gasteiger partial charge in [-0.25, -0.2) is 0 Å². The molecule has 0 bridgehead atoms. The van der Waals surface area contributed by atoms with Crippen LogP contribution in [-0.4, -0.2) is 29.7 Å². The van der Waals surface area contributed by atoms with Gasteiger partial charge in [0.2, 0.25) is 5.91 Å². The number of carbonyl (C=O) groups excluding carboxylic acids is 1. The van der Waals surface area contributed by atoms with E-state index >= 15 is 0 Å². The summed E-state index contributed by atoms with van der Waals surface area (Å²) in [4.78, 5) is 14.1. The van der Waals surface area contributed by atoms with Gasteiger partial charge < -0.3 is 4.90 Å². The maximum atomic E-state index is 12.2. The third-order valence-corrected chi connectivity index (χ3v) is 4.28. The highest BCUT2D eigenvalue weighted by Gasteiger charge is 2.09. The lowest BCUT2D eigenvalue weighted by Gasteiger charge is -2.17. The van der Waals surface area contributed by atoms with Crippen molar-refractivity contribution in [3.8, 4) is 0 Å². The average molecular weight is 348 g/mol. The minimum atomic E-state index is 0.198. The van der Waals surface area contributed by atoms with E-state index in [-0.39, 0.29) is 5.91 Å². The Kier molecular flexibility index (Phi) is 6.24. The van der Waals surface area contributed by atoms with Crippen molar-refractivity contribution in [1.29, 1.82) is 0 Å². The standard InChI is InChI=1S/C18H22BrNO/c1-20(12-6-2-5-11-19)18(21)14-15-9-10-16-7-3-4-8-17(16)13-15/h3-4,7-10,13H,2,5-6,11-12,14H2,1H3. The highest BCUT2D eigenvalue weighted by Crippen LogP contribution is 2.16. The SMILES string of the molecule is CN(CCCCCBr)C(=O)Cc1ccc2ccccc2c1. The van der Waals surface area contributed by atoms with Crippen molar-refractivity contribution in [2.45, 2.75) is 25.7 Å². The van der Waals surface area contributed by atoms with Gasteiger partial charge in [0.1, 0.15) is 0 Å². The fraction of sp³-hybridized carbons (Fsp3) is 0.389. The van der Waals surface area contributed by atoms with Crippen LogP contribution >= 0.6 is 15.9 Å². The Morgan fingerprint density at radius 2 is 1.81 bits per heavy atom. The zero-order valence-corrected chi connectivity index (χ0v) is 14.1. The van der Waals surface area contributed by atoms with E-state index in [1.54, 1.807) is 0 Å². The second-order valence-corrected chi connectivity index (χ2v) is 6.22. The van der Waals surface area contributed by atoms with Crippen LogP contribution in [0.3, 0.4) is 0 Å². The van der Waals surface area contributed by atoms with Gasteiger partial charge in [0.25, 0.3) is 0 Å². The average Bonchev–Trinajstić information content (AvgIpc) is 2.51. The Bertz CT molecular complexity index is 597. The summed E-state index contributed by atoms with van der Waals surface area (Å²) < 4.78 is 0. The molecule has 0 heterocycles. The number of likely N-dealkylation sites (N-methyl/N-ethyl adjacent to an activating group) is 1. The van der Waals surface area contributed by atoms with Crippen LogP contribution in [0.15, 0.2) is 42.5 Å². The normalized spacial score (nSPS) is 10.8. The molecule has 0 aromatic heterocycles. The molecule has 2 nitrogen and oxygen atoms in total. The second-order valence-electron chi connectivity index (χ2n) is 5.42. The first-order chi connectivity index (χ1) is 10.2. The minimum absolute atomic E-state index is 0.198. The molecule has 0 fully saturated rings. The van der Waals surface area contributed by atoms with Crippen molar-refractivity contribution in [1.82, 2.24) is 4.90 Å². The van der Waals surface area contributed by atoms with Crippen LogP contribution in [0.5, 0.6) is 0 Å². The van der Waals surface area contributed by atoms with Crippen molar-refractivity contribution in [3.05, 3.63) is 48.0 Å². The number of fused-ring (bicyclic) bond motifs is 1. The predicted molar refractivity (Wildman–Crippen MR) is 92.9 cm³/mol.